The van der Waals surface area contributed by atoms with Gasteiger partial charge in [-0.2, -0.15) is 5.10 Å². The second-order valence-corrected chi connectivity index (χ2v) is 9.61. The van der Waals surface area contributed by atoms with Crippen LogP contribution in [0.25, 0.3) is 33.2 Å². The highest BCUT2D eigenvalue weighted by Crippen LogP contribution is 2.39. The lowest BCUT2D eigenvalue weighted by molar-refractivity contribution is 0.202. The Morgan fingerprint density at radius 1 is 1.00 bits per heavy atom. The lowest BCUT2D eigenvalue weighted by atomic mass is 9.87. The summed E-state index contributed by atoms with van der Waals surface area (Å²) in [6.07, 6.45) is 11.4. The van der Waals surface area contributed by atoms with E-state index in [1.165, 1.54) is 40.6 Å². The minimum Gasteiger partial charge on any atom is -0.354 e. The summed E-state index contributed by atoms with van der Waals surface area (Å²) in [4.78, 5) is 19.3. The molecule has 1 aromatic carbocycles. The molecule has 0 atom stereocenters. The van der Waals surface area contributed by atoms with Crippen LogP contribution in [0, 0.1) is 0 Å². The quantitative estimate of drug-likeness (QED) is 0.374. The summed E-state index contributed by atoms with van der Waals surface area (Å²) in [5, 5.41) is 9.59. The molecule has 0 aliphatic carbocycles. The molecular weight excluding hydrogens is 422 g/mol. The van der Waals surface area contributed by atoms with E-state index in [1.807, 2.05) is 18.6 Å². The van der Waals surface area contributed by atoms with E-state index in [0.29, 0.717) is 11.8 Å². The number of nitrogens with zero attached hydrogens (tertiary/aromatic N) is 5. The van der Waals surface area contributed by atoms with E-state index < -0.39 is 0 Å². The SMILES string of the molecule is CC(C)c1c(-c2ccnc3[nH]ncc23)[nH]c2ccc(C3CCN(Cc4cnccn4)CC3)cc12. The van der Waals surface area contributed by atoms with Crippen LogP contribution in [0.15, 0.2) is 55.2 Å². The molecule has 0 spiro atoms. The maximum Gasteiger partial charge on any atom is 0.155 e. The van der Waals surface area contributed by atoms with Gasteiger partial charge < -0.3 is 4.98 Å². The number of hydrogen-bond donors (Lipinski definition) is 2. The van der Waals surface area contributed by atoms with E-state index >= 15 is 0 Å². The Balaban J connectivity index is 1.30. The van der Waals surface area contributed by atoms with Crippen molar-refractivity contribution >= 4 is 21.9 Å². The molecule has 7 heteroatoms. The fourth-order valence-corrected chi connectivity index (χ4v) is 5.43. The Morgan fingerprint density at radius 2 is 1.88 bits per heavy atom. The van der Waals surface area contributed by atoms with Crippen LogP contribution in [0.3, 0.4) is 0 Å². The molecule has 34 heavy (non-hydrogen) atoms. The average molecular weight is 452 g/mol. The summed E-state index contributed by atoms with van der Waals surface area (Å²) in [5.41, 5.74) is 8.20. The average Bonchev–Trinajstić information content (AvgIpc) is 3.49. The number of benzene rings is 1. The lowest BCUT2D eigenvalue weighted by Gasteiger charge is -2.32. The predicted molar refractivity (Wildman–Crippen MR) is 135 cm³/mol. The molecule has 5 aromatic rings. The zero-order valence-corrected chi connectivity index (χ0v) is 19.6. The highest BCUT2D eigenvalue weighted by molar-refractivity contribution is 5.98. The third-order valence-corrected chi connectivity index (χ3v) is 7.12. The van der Waals surface area contributed by atoms with Crippen molar-refractivity contribution in [3.05, 3.63) is 72.1 Å². The highest BCUT2D eigenvalue weighted by atomic mass is 15.1. The summed E-state index contributed by atoms with van der Waals surface area (Å²) in [6.45, 7) is 7.61. The molecule has 5 heterocycles. The Kier molecular flexibility index (Phi) is 5.34. The van der Waals surface area contributed by atoms with Gasteiger partial charge in [0.05, 0.1) is 17.6 Å². The van der Waals surface area contributed by atoms with E-state index in [0.717, 1.165) is 41.9 Å². The normalized spacial score (nSPS) is 15.6. The largest absolute Gasteiger partial charge is 0.354 e. The number of pyridine rings is 1. The van der Waals surface area contributed by atoms with Crippen LogP contribution in [0.4, 0.5) is 0 Å². The highest BCUT2D eigenvalue weighted by Gasteiger charge is 2.23. The van der Waals surface area contributed by atoms with Crippen molar-refractivity contribution < 1.29 is 0 Å². The number of rotatable bonds is 5. The molecule has 4 aromatic heterocycles. The lowest BCUT2D eigenvalue weighted by Crippen LogP contribution is -2.32. The van der Waals surface area contributed by atoms with Crippen LogP contribution in [0.2, 0.25) is 0 Å². The van der Waals surface area contributed by atoms with Crippen molar-refractivity contribution in [3.63, 3.8) is 0 Å². The Labute approximate surface area is 198 Å². The van der Waals surface area contributed by atoms with Crippen molar-refractivity contribution in [2.45, 2.75) is 45.1 Å². The van der Waals surface area contributed by atoms with Crippen molar-refractivity contribution in [1.82, 2.24) is 35.0 Å². The number of aromatic nitrogens is 6. The van der Waals surface area contributed by atoms with Crippen LogP contribution in [0.1, 0.15) is 55.3 Å². The molecule has 2 N–H and O–H groups in total. The molecule has 0 bridgehead atoms. The van der Waals surface area contributed by atoms with Crippen molar-refractivity contribution in [2.75, 3.05) is 13.1 Å². The first kappa shape index (κ1) is 21.0. The summed E-state index contributed by atoms with van der Waals surface area (Å²) in [7, 11) is 0. The van der Waals surface area contributed by atoms with Crippen LogP contribution in [0.5, 0.6) is 0 Å². The van der Waals surface area contributed by atoms with Gasteiger partial charge in [0, 0.05) is 53.2 Å². The molecule has 1 aliphatic rings. The molecular formula is C27H29N7. The van der Waals surface area contributed by atoms with Gasteiger partial charge in [-0.25, -0.2) is 4.98 Å². The number of hydrogen-bond acceptors (Lipinski definition) is 5. The predicted octanol–water partition coefficient (Wildman–Crippen LogP) is 5.40. The first-order chi connectivity index (χ1) is 16.7. The molecule has 1 saturated heterocycles. The van der Waals surface area contributed by atoms with Crippen LogP contribution < -0.4 is 0 Å². The van der Waals surface area contributed by atoms with E-state index in [2.05, 4.69) is 73.1 Å². The topological polar surface area (TPSA) is 86.4 Å². The van der Waals surface area contributed by atoms with E-state index in [9.17, 15) is 0 Å². The molecule has 0 radical (unpaired) electrons. The summed E-state index contributed by atoms with van der Waals surface area (Å²) in [6, 6.07) is 9.10. The first-order valence-electron chi connectivity index (χ1n) is 12.1. The zero-order chi connectivity index (χ0) is 23.1. The van der Waals surface area contributed by atoms with Gasteiger partial charge in [0.15, 0.2) is 5.65 Å². The third-order valence-electron chi connectivity index (χ3n) is 7.12. The summed E-state index contributed by atoms with van der Waals surface area (Å²) in [5.74, 6) is 0.977. The third kappa shape index (κ3) is 3.76. The number of H-pyrrole nitrogens is 2. The fourth-order valence-electron chi connectivity index (χ4n) is 5.43. The van der Waals surface area contributed by atoms with Gasteiger partial charge in [-0.05, 0) is 67.1 Å². The Hall–Kier alpha value is -3.58. The van der Waals surface area contributed by atoms with Gasteiger partial charge >= 0.3 is 0 Å². The van der Waals surface area contributed by atoms with Crippen LogP contribution >= 0.6 is 0 Å². The van der Waals surface area contributed by atoms with E-state index in [-0.39, 0.29) is 0 Å². The van der Waals surface area contributed by atoms with Gasteiger partial charge in [0.1, 0.15) is 0 Å². The molecule has 7 nitrogen and oxygen atoms in total. The van der Waals surface area contributed by atoms with Crippen LogP contribution in [-0.4, -0.2) is 48.1 Å². The molecule has 0 unspecified atom stereocenters. The molecule has 6 rings (SSSR count). The van der Waals surface area contributed by atoms with E-state index in [1.54, 1.807) is 12.4 Å². The summed E-state index contributed by atoms with van der Waals surface area (Å²) >= 11 is 0. The minimum absolute atomic E-state index is 0.392. The maximum atomic E-state index is 4.44. The number of aromatic amines is 2. The Bertz CT molecular complexity index is 1430. The molecule has 1 aliphatic heterocycles. The maximum absolute atomic E-state index is 4.44. The first-order valence-corrected chi connectivity index (χ1v) is 12.1. The number of likely N-dealkylation sites (tertiary alicyclic amines) is 1. The second-order valence-electron chi connectivity index (χ2n) is 9.61. The monoisotopic (exact) mass is 451 g/mol. The van der Waals surface area contributed by atoms with Gasteiger partial charge in [-0.1, -0.05) is 19.9 Å². The fraction of sp³-hybridized carbons (Fsp3) is 0.333. The van der Waals surface area contributed by atoms with Gasteiger partial charge in [0.2, 0.25) is 0 Å². The van der Waals surface area contributed by atoms with Gasteiger partial charge in [-0.15, -0.1) is 0 Å². The standard InChI is InChI=1S/C27H29N7/c1-17(2)25-22-13-19(18-6-11-34(12-7-18)16-20-14-28-9-10-29-20)3-4-24(22)32-26(25)21-5-8-30-27-23(21)15-31-33-27/h3-5,8-10,13-15,17-18,32H,6-7,11-12,16H2,1-2H3,(H,30,31,33). The number of piperidine rings is 1. The minimum atomic E-state index is 0.392. The van der Waals surface area contributed by atoms with Crippen molar-refractivity contribution in [2.24, 2.45) is 0 Å². The zero-order valence-electron chi connectivity index (χ0n) is 19.6. The van der Waals surface area contributed by atoms with Gasteiger partial charge in [0.25, 0.3) is 0 Å². The molecule has 0 amide bonds. The second kappa shape index (κ2) is 8.65. The van der Waals surface area contributed by atoms with E-state index in [4.69, 9.17) is 0 Å². The summed E-state index contributed by atoms with van der Waals surface area (Å²) < 4.78 is 0. The van der Waals surface area contributed by atoms with Crippen molar-refractivity contribution in [3.8, 4) is 11.3 Å². The Morgan fingerprint density at radius 3 is 2.68 bits per heavy atom. The van der Waals surface area contributed by atoms with Crippen molar-refractivity contribution in [1.29, 1.82) is 0 Å². The number of nitrogens with one attached hydrogen (secondary N) is 2. The van der Waals surface area contributed by atoms with Crippen LogP contribution in [-0.2, 0) is 6.54 Å². The smallest absolute Gasteiger partial charge is 0.155 e. The number of fused-ring (bicyclic) bond motifs is 2. The van der Waals surface area contributed by atoms with Gasteiger partial charge in [-0.3, -0.25) is 20.0 Å². The molecule has 172 valence electrons. The molecule has 1 fully saturated rings. The molecule has 0 saturated carbocycles.